The average molecular weight is 265 g/mol. The van der Waals surface area contributed by atoms with Crippen LogP contribution in [0, 0.1) is 0 Å². The number of nitrogen functional groups attached to an aromatic ring is 1. The van der Waals surface area contributed by atoms with Crippen LogP contribution < -0.4 is 18.1 Å². The van der Waals surface area contributed by atoms with Gasteiger partial charge in [0.05, 0.1) is 11.1 Å². The Morgan fingerprint density at radius 3 is 1.69 bits per heavy atom. The zero-order valence-electron chi connectivity index (χ0n) is 7.46. The van der Waals surface area contributed by atoms with Crippen molar-refractivity contribution in [3.8, 4) is 0 Å². The molecule has 0 atom stereocenters. The van der Waals surface area contributed by atoms with Crippen LogP contribution in [-0.2, 0) is 12.4 Å². The maximum Gasteiger partial charge on any atom is 0.418 e. The summed E-state index contributed by atoms with van der Waals surface area (Å²) in [5.74, 6) is 0. The van der Waals surface area contributed by atoms with Gasteiger partial charge >= 0.3 is 12.4 Å². The first kappa shape index (κ1) is 14.9. The van der Waals surface area contributed by atoms with E-state index in [1.807, 2.05) is 0 Å². The van der Waals surface area contributed by atoms with Gasteiger partial charge in [0.15, 0.2) is 0 Å². The van der Waals surface area contributed by atoms with E-state index in [1.54, 1.807) is 0 Å². The molecule has 2 N–H and O–H groups in total. The Morgan fingerprint density at radius 1 is 0.875 bits per heavy atom. The summed E-state index contributed by atoms with van der Waals surface area (Å²) in [5.41, 5.74) is 1.48. The number of rotatable bonds is 0. The summed E-state index contributed by atoms with van der Waals surface area (Å²) in [7, 11) is 0. The minimum absolute atomic E-state index is 0. The third-order valence-corrected chi connectivity index (χ3v) is 1.68. The highest BCUT2D eigenvalue weighted by Crippen LogP contribution is 2.37. The maximum absolute atomic E-state index is 12.1. The highest BCUT2D eigenvalue weighted by atomic mass is 35.5. The molecule has 0 aromatic heterocycles. The number of benzene rings is 1. The SMILES string of the molecule is Nc1cc(C(F)(F)F)ccc1C(F)(F)F.[Cl-]. The van der Waals surface area contributed by atoms with Crippen LogP contribution in [0.2, 0.25) is 0 Å². The normalized spacial score (nSPS) is 12.1. The molecule has 0 amide bonds. The standard InChI is InChI=1S/C8H5F6N.ClH/c9-7(10,11)4-1-2-5(6(15)3-4)8(12,13)14;/h1-3H,15H2;1H/p-1. The fraction of sp³-hybridized carbons (Fsp3) is 0.250. The third-order valence-electron chi connectivity index (χ3n) is 1.68. The number of anilines is 1. The summed E-state index contributed by atoms with van der Waals surface area (Å²) >= 11 is 0. The highest BCUT2D eigenvalue weighted by molar-refractivity contribution is 5.51. The van der Waals surface area contributed by atoms with Gasteiger partial charge in [-0.05, 0) is 18.2 Å². The van der Waals surface area contributed by atoms with Gasteiger partial charge in [-0.3, -0.25) is 0 Å². The summed E-state index contributed by atoms with van der Waals surface area (Å²) in [4.78, 5) is 0. The van der Waals surface area contributed by atoms with Crippen LogP contribution in [-0.4, -0.2) is 0 Å². The third kappa shape index (κ3) is 3.19. The van der Waals surface area contributed by atoms with Crippen LogP contribution in [0.3, 0.4) is 0 Å². The summed E-state index contributed by atoms with van der Waals surface area (Å²) in [6, 6.07) is 0.931. The van der Waals surface area contributed by atoms with E-state index in [-0.39, 0.29) is 18.5 Å². The van der Waals surface area contributed by atoms with Crippen molar-refractivity contribution in [1.82, 2.24) is 0 Å². The van der Waals surface area contributed by atoms with Gasteiger partial charge in [0, 0.05) is 5.69 Å². The van der Waals surface area contributed by atoms with Crippen molar-refractivity contribution in [2.45, 2.75) is 12.4 Å². The maximum atomic E-state index is 12.1. The summed E-state index contributed by atoms with van der Waals surface area (Å²) < 4.78 is 72.5. The molecule has 0 fully saturated rings. The van der Waals surface area contributed by atoms with Gasteiger partial charge in [0.25, 0.3) is 0 Å². The molecule has 0 unspecified atom stereocenters. The fourth-order valence-electron chi connectivity index (χ4n) is 0.997. The summed E-state index contributed by atoms with van der Waals surface area (Å²) in [6.45, 7) is 0. The molecule has 0 aliphatic rings. The molecule has 0 saturated heterocycles. The Labute approximate surface area is 92.6 Å². The molecule has 0 spiro atoms. The Morgan fingerprint density at radius 2 is 1.38 bits per heavy atom. The minimum Gasteiger partial charge on any atom is -1.00 e. The molecule has 0 aliphatic carbocycles. The second-order valence-corrected chi connectivity index (χ2v) is 2.80. The van der Waals surface area contributed by atoms with E-state index in [4.69, 9.17) is 5.73 Å². The second kappa shape index (κ2) is 4.40. The fourth-order valence-corrected chi connectivity index (χ4v) is 0.997. The van der Waals surface area contributed by atoms with Gasteiger partial charge in [-0.25, -0.2) is 0 Å². The number of hydrogen-bond acceptors (Lipinski definition) is 1. The van der Waals surface area contributed by atoms with Crippen LogP contribution in [0.4, 0.5) is 32.0 Å². The van der Waals surface area contributed by atoms with Crippen molar-refractivity contribution in [1.29, 1.82) is 0 Å². The van der Waals surface area contributed by atoms with Gasteiger partial charge < -0.3 is 18.1 Å². The van der Waals surface area contributed by atoms with Crippen LogP contribution in [0.1, 0.15) is 11.1 Å². The van der Waals surface area contributed by atoms with E-state index in [0.717, 1.165) is 0 Å². The predicted molar refractivity (Wildman–Crippen MR) is 40.9 cm³/mol. The highest BCUT2D eigenvalue weighted by Gasteiger charge is 2.36. The molecule has 0 heterocycles. The van der Waals surface area contributed by atoms with Crippen molar-refractivity contribution in [2.24, 2.45) is 0 Å². The van der Waals surface area contributed by atoms with Crippen LogP contribution in [0.25, 0.3) is 0 Å². The van der Waals surface area contributed by atoms with Crippen LogP contribution in [0.15, 0.2) is 18.2 Å². The van der Waals surface area contributed by atoms with E-state index in [0.29, 0.717) is 12.1 Å². The van der Waals surface area contributed by atoms with E-state index >= 15 is 0 Å². The molecule has 1 aromatic carbocycles. The first-order chi connectivity index (χ1) is 6.62. The summed E-state index contributed by atoms with van der Waals surface area (Å²) in [5, 5.41) is 0. The lowest BCUT2D eigenvalue weighted by atomic mass is 10.1. The smallest absolute Gasteiger partial charge is 0.418 e. The molecule has 92 valence electrons. The quantitative estimate of drug-likeness (QED) is 0.530. The molecule has 0 aliphatic heterocycles. The second-order valence-electron chi connectivity index (χ2n) is 2.80. The Bertz CT molecular complexity index is 370. The van der Waals surface area contributed by atoms with Crippen molar-refractivity contribution in [3.05, 3.63) is 29.3 Å². The number of halogens is 7. The zero-order chi connectivity index (χ0) is 11.9. The molecule has 0 bridgehead atoms. The van der Waals surface area contributed by atoms with Crippen molar-refractivity contribution < 1.29 is 38.7 Å². The first-order valence-corrected chi connectivity index (χ1v) is 3.66. The zero-order valence-corrected chi connectivity index (χ0v) is 8.21. The van der Waals surface area contributed by atoms with Gasteiger partial charge in [-0.2, -0.15) is 26.3 Å². The molecule has 8 heteroatoms. The Balaban J connectivity index is 0.00000225. The van der Waals surface area contributed by atoms with Crippen LogP contribution in [0.5, 0.6) is 0 Å². The molecule has 0 saturated carbocycles. The van der Waals surface area contributed by atoms with Gasteiger partial charge in [-0.15, -0.1) is 0 Å². The van der Waals surface area contributed by atoms with Crippen LogP contribution >= 0.6 is 0 Å². The molecule has 16 heavy (non-hydrogen) atoms. The number of hydrogen-bond donors (Lipinski definition) is 1. The Hall–Kier alpha value is -1.11. The lowest BCUT2D eigenvalue weighted by molar-refractivity contribution is -0.140. The number of alkyl halides is 6. The lowest BCUT2D eigenvalue weighted by Gasteiger charge is -2.12. The van der Waals surface area contributed by atoms with Gasteiger partial charge in [-0.1, -0.05) is 0 Å². The number of nitrogens with two attached hydrogens (primary N) is 1. The van der Waals surface area contributed by atoms with E-state index in [9.17, 15) is 26.3 Å². The monoisotopic (exact) mass is 264 g/mol. The van der Waals surface area contributed by atoms with Crippen molar-refractivity contribution in [3.63, 3.8) is 0 Å². The van der Waals surface area contributed by atoms with Crippen molar-refractivity contribution >= 4 is 5.69 Å². The van der Waals surface area contributed by atoms with E-state index in [2.05, 4.69) is 0 Å². The van der Waals surface area contributed by atoms with E-state index in [1.165, 1.54) is 0 Å². The minimum atomic E-state index is -4.74. The lowest BCUT2D eigenvalue weighted by Crippen LogP contribution is -3.00. The average Bonchev–Trinajstić information content (AvgIpc) is 1.99. The van der Waals surface area contributed by atoms with Crippen molar-refractivity contribution in [2.75, 3.05) is 5.73 Å². The molecular weight excluding hydrogens is 260 g/mol. The molecule has 1 rings (SSSR count). The molecule has 1 aromatic rings. The molecule has 1 nitrogen and oxygen atoms in total. The molecule has 0 radical (unpaired) electrons. The molecular formula is C8H5ClF6N-. The Kier molecular flexibility index (Phi) is 4.10. The first-order valence-electron chi connectivity index (χ1n) is 3.66. The summed E-state index contributed by atoms with van der Waals surface area (Å²) in [6.07, 6.45) is -9.44. The van der Waals surface area contributed by atoms with Gasteiger partial charge in [0.1, 0.15) is 0 Å². The topological polar surface area (TPSA) is 26.0 Å². The van der Waals surface area contributed by atoms with Gasteiger partial charge in [0.2, 0.25) is 0 Å². The largest absolute Gasteiger partial charge is 1.00 e. The van der Waals surface area contributed by atoms with E-state index < -0.39 is 29.2 Å². The predicted octanol–water partition coefficient (Wildman–Crippen LogP) is 0.310.